The fourth-order valence-electron chi connectivity index (χ4n) is 1.20. The van der Waals surface area contributed by atoms with Gasteiger partial charge in [0, 0.05) is 11.8 Å². The molecule has 0 aromatic heterocycles. The van der Waals surface area contributed by atoms with Gasteiger partial charge >= 0.3 is 6.16 Å². The molecule has 0 spiro atoms. The molecule has 1 rings (SSSR count). The number of ether oxygens (including phenoxy) is 2. The van der Waals surface area contributed by atoms with E-state index < -0.39 is 11.8 Å². The van der Waals surface area contributed by atoms with Gasteiger partial charge in [0.1, 0.15) is 11.4 Å². The fraction of sp³-hybridized carbons (Fsp3) is 0.385. The van der Waals surface area contributed by atoms with Gasteiger partial charge < -0.3 is 14.8 Å². The topological polar surface area (TPSA) is 64.6 Å². The maximum Gasteiger partial charge on any atom is 0.514 e. The molecule has 0 atom stereocenters. The third-order valence-corrected chi connectivity index (χ3v) is 2.34. The highest BCUT2D eigenvalue weighted by Gasteiger charge is 2.18. The summed E-state index contributed by atoms with van der Waals surface area (Å²) in [5.41, 5.74) is -0.0655. The van der Waals surface area contributed by atoms with Crippen molar-refractivity contribution in [3.63, 3.8) is 0 Å². The maximum atomic E-state index is 11.5. The van der Waals surface area contributed by atoms with Gasteiger partial charge in [-0.05, 0) is 32.9 Å². The SMILES string of the molecule is CC(C)(C)OC(=O)Oc1cccc(NC(=O)CBr)c1. The summed E-state index contributed by atoms with van der Waals surface area (Å²) in [4.78, 5) is 22.7. The lowest BCUT2D eigenvalue weighted by molar-refractivity contribution is -0.113. The molecule has 0 aliphatic carbocycles. The van der Waals surface area contributed by atoms with Crippen LogP contribution < -0.4 is 10.1 Å². The van der Waals surface area contributed by atoms with Crippen LogP contribution >= 0.6 is 15.9 Å². The van der Waals surface area contributed by atoms with E-state index in [0.717, 1.165) is 0 Å². The van der Waals surface area contributed by atoms with Gasteiger partial charge in [0.25, 0.3) is 0 Å². The summed E-state index contributed by atoms with van der Waals surface area (Å²) in [6.07, 6.45) is -0.781. The van der Waals surface area contributed by atoms with Gasteiger partial charge in [-0.15, -0.1) is 0 Å². The molecular formula is C13H16BrNO4. The summed E-state index contributed by atoms with van der Waals surface area (Å²) in [6.45, 7) is 5.25. The van der Waals surface area contributed by atoms with Crippen LogP contribution in [0.4, 0.5) is 10.5 Å². The highest BCUT2D eigenvalue weighted by Crippen LogP contribution is 2.19. The smallest absolute Gasteiger partial charge is 0.428 e. The Hall–Kier alpha value is -1.56. The average Bonchev–Trinajstić information content (AvgIpc) is 2.26. The van der Waals surface area contributed by atoms with Crippen molar-refractivity contribution in [2.75, 3.05) is 10.6 Å². The molecule has 0 unspecified atom stereocenters. The Balaban J connectivity index is 2.67. The number of amides is 1. The van der Waals surface area contributed by atoms with Gasteiger partial charge in [0.2, 0.25) is 5.91 Å². The van der Waals surface area contributed by atoms with E-state index in [0.29, 0.717) is 11.4 Å². The maximum absolute atomic E-state index is 11.5. The molecule has 5 nitrogen and oxygen atoms in total. The van der Waals surface area contributed by atoms with Crippen molar-refractivity contribution in [3.8, 4) is 5.75 Å². The van der Waals surface area contributed by atoms with Crippen LogP contribution in [0.5, 0.6) is 5.75 Å². The number of halogens is 1. The molecule has 1 aromatic carbocycles. The van der Waals surface area contributed by atoms with Crippen molar-refractivity contribution in [3.05, 3.63) is 24.3 Å². The third-order valence-electron chi connectivity index (χ3n) is 1.83. The second-order valence-corrected chi connectivity index (χ2v) is 5.34. The third kappa shape index (κ3) is 6.24. The van der Waals surface area contributed by atoms with E-state index in [2.05, 4.69) is 21.2 Å². The van der Waals surface area contributed by atoms with Crippen LogP contribution in [-0.2, 0) is 9.53 Å². The standard InChI is InChI=1S/C13H16BrNO4/c1-13(2,3)19-12(17)18-10-6-4-5-9(7-10)15-11(16)8-14/h4-7H,8H2,1-3H3,(H,15,16). The monoisotopic (exact) mass is 329 g/mol. The first-order valence-corrected chi connectivity index (χ1v) is 6.79. The predicted octanol–water partition coefficient (Wildman–Crippen LogP) is 3.33. The molecule has 0 fully saturated rings. The minimum Gasteiger partial charge on any atom is -0.428 e. The molecule has 0 saturated carbocycles. The number of hydrogen-bond acceptors (Lipinski definition) is 4. The van der Waals surface area contributed by atoms with Gasteiger partial charge in [-0.25, -0.2) is 4.79 Å². The number of rotatable bonds is 3. The normalized spacial score (nSPS) is 10.7. The van der Waals surface area contributed by atoms with Crippen molar-refractivity contribution in [1.29, 1.82) is 0 Å². The zero-order valence-electron chi connectivity index (χ0n) is 11.0. The second kappa shape index (κ2) is 6.56. The van der Waals surface area contributed by atoms with Crippen LogP contribution in [0.25, 0.3) is 0 Å². The number of carbonyl (C=O) groups excluding carboxylic acids is 2. The van der Waals surface area contributed by atoms with Crippen LogP contribution in [0.3, 0.4) is 0 Å². The molecule has 0 aliphatic rings. The Kier molecular flexibility index (Phi) is 5.35. The van der Waals surface area contributed by atoms with Crippen LogP contribution in [0.15, 0.2) is 24.3 Å². The minimum absolute atomic E-state index is 0.186. The molecule has 1 aromatic rings. The lowest BCUT2D eigenvalue weighted by atomic mass is 10.2. The number of hydrogen-bond donors (Lipinski definition) is 1. The Labute approximate surface area is 120 Å². The molecular weight excluding hydrogens is 314 g/mol. The van der Waals surface area contributed by atoms with Crippen LogP contribution in [0.2, 0.25) is 0 Å². The lowest BCUT2D eigenvalue weighted by Gasteiger charge is -2.18. The Morgan fingerprint density at radius 2 is 2.00 bits per heavy atom. The van der Waals surface area contributed by atoms with Crippen LogP contribution in [0, 0.1) is 0 Å². The molecule has 1 amide bonds. The molecule has 104 valence electrons. The van der Waals surface area contributed by atoms with Crippen LogP contribution in [-0.4, -0.2) is 23.0 Å². The highest BCUT2D eigenvalue weighted by molar-refractivity contribution is 9.09. The molecule has 0 saturated heterocycles. The first kappa shape index (κ1) is 15.5. The summed E-state index contributed by atoms with van der Waals surface area (Å²) in [5.74, 6) is 0.121. The summed E-state index contributed by atoms with van der Waals surface area (Å²) in [7, 11) is 0. The highest BCUT2D eigenvalue weighted by atomic mass is 79.9. The second-order valence-electron chi connectivity index (χ2n) is 4.78. The quantitative estimate of drug-likeness (QED) is 0.524. The van der Waals surface area contributed by atoms with E-state index >= 15 is 0 Å². The van der Waals surface area contributed by atoms with E-state index in [-0.39, 0.29) is 11.2 Å². The van der Waals surface area contributed by atoms with E-state index in [1.807, 2.05) is 0 Å². The summed E-state index contributed by atoms with van der Waals surface area (Å²) in [6, 6.07) is 6.52. The van der Waals surface area contributed by atoms with Crippen molar-refractivity contribution in [2.45, 2.75) is 26.4 Å². The Bertz CT molecular complexity index is 468. The van der Waals surface area contributed by atoms with Crippen molar-refractivity contribution < 1.29 is 19.1 Å². The fourth-order valence-corrected chi connectivity index (χ4v) is 1.34. The molecule has 0 radical (unpaired) electrons. The van der Waals surface area contributed by atoms with Crippen molar-refractivity contribution >= 4 is 33.7 Å². The molecule has 6 heteroatoms. The lowest BCUT2D eigenvalue weighted by Crippen LogP contribution is -2.26. The first-order valence-electron chi connectivity index (χ1n) is 5.67. The number of alkyl halides is 1. The largest absolute Gasteiger partial charge is 0.514 e. The zero-order valence-corrected chi connectivity index (χ0v) is 12.6. The molecule has 0 aliphatic heterocycles. The Morgan fingerprint density at radius 3 is 2.58 bits per heavy atom. The van der Waals surface area contributed by atoms with Gasteiger partial charge in [0.05, 0.1) is 5.33 Å². The summed E-state index contributed by atoms with van der Waals surface area (Å²) < 4.78 is 10.0. The van der Waals surface area contributed by atoms with Gasteiger partial charge in [0.15, 0.2) is 0 Å². The van der Waals surface area contributed by atoms with Gasteiger partial charge in [-0.2, -0.15) is 0 Å². The van der Waals surface area contributed by atoms with E-state index in [4.69, 9.17) is 9.47 Å². The molecule has 0 bridgehead atoms. The number of anilines is 1. The van der Waals surface area contributed by atoms with E-state index in [1.54, 1.807) is 45.0 Å². The first-order chi connectivity index (χ1) is 8.80. The van der Waals surface area contributed by atoms with Gasteiger partial charge in [-0.3, -0.25) is 4.79 Å². The van der Waals surface area contributed by atoms with Crippen molar-refractivity contribution in [1.82, 2.24) is 0 Å². The summed E-state index contributed by atoms with van der Waals surface area (Å²) in [5, 5.41) is 2.83. The summed E-state index contributed by atoms with van der Waals surface area (Å²) >= 11 is 3.05. The number of carbonyl (C=O) groups is 2. The van der Waals surface area contributed by atoms with Crippen LogP contribution in [0.1, 0.15) is 20.8 Å². The van der Waals surface area contributed by atoms with Gasteiger partial charge in [-0.1, -0.05) is 22.0 Å². The van der Waals surface area contributed by atoms with Crippen molar-refractivity contribution in [2.24, 2.45) is 0 Å². The van der Waals surface area contributed by atoms with E-state index in [9.17, 15) is 9.59 Å². The zero-order chi connectivity index (χ0) is 14.5. The molecule has 19 heavy (non-hydrogen) atoms. The minimum atomic E-state index is -0.781. The van der Waals surface area contributed by atoms with E-state index in [1.165, 1.54) is 0 Å². The Morgan fingerprint density at radius 1 is 1.32 bits per heavy atom. The number of benzene rings is 1. The number of nitrogens with one attached hydrogen (secondary N) is 1. The predicted molar refractivity (Wildman–Crippen MR) is 75.7 cm³/mol. The molecule has 1 N–H and O–H groups in total. The average molecular weight is 330 g/mol. The molecule has 0 heterocycles.